The summed E-state index contributed by atoms with van der Waals surface area (Å²) in [4.78, 5) is 15.1. The van der Waals surface area contributed by atoms with Crippen molar-refractivity contribution in [3.63, 3.8) is 0 Å². The summed E-state index contributed by atoms with van der Waals surface area (Å²) >= 11 is 1.72. The van der Waals surface area contributed by atoms with Gasteiger partial charge >= 0.3 is 0 Å². The number of thioether (sulfide) groups is 1. The summed E-state index contributed by atoms with van der Waals surface area (Å²) < 4.78 is 5.40. The number of carbonyl (C=O) groups excluding carboxylic acids is 1. The van der Waals surface area contributed by atoms with Gasteiger partial charge in [0.25, 0.3) is 0 Å². The van der Waals surface area contributed by atoms with Gasteiger partial charge in [0.05, 0.1) is 19.2 Å². The predicted molar refractivity (Wildman–Crippen MR) is 103 cm³/mol. The molecule has 0 aromatic heterocycles. The highest BCUT2D eigenvalue weighted by molar-refractivity contribution is 7.98. The second-order valence-electron chi connectivity index (χ2n) is 6.98. The monoisotopic (exact) mass is 363 g/mol. The van der Waals surface area contributed by atoms with Crippen molar-refractivity contribution < 1.29 is 9.53 Å². The largest absolute Gasteiger partial charge is 0.497 e. The number of nitrogens with one attached hydrogen (secondary N) is 1. The maximum absolute atomic E-state index is 12.5. The van der Waals surface area contributed by atoms with Crippen molar-refractivity contribution in [2.24, 2.45) is 5.73 Å². The van der Waals surface area contributed by atoms with E-state index < -0.39 is 6.04 Å². The molecule has 5 nitrogen and oxygen atoms in total. The molecule has 3 N–H and O–H groups in total. The quantitative estimate of drug-likeness (QED) is 0.741. The van der Waals surface area contributed by atoms with Crippen LogP contribution in [-0.4, -0.2) is 54.6 Å². The maximum Gasteiger partial charge on any atom is 0.237 e. The van der Waals surface area contributed by atoms with E-state index in [0.717, 1.165) is 30.9 Å². The molecule has 1 saturated carbocycles. The van der Waals surface area contributed by atoms with Gasteiger partial charge in [-0.3, -0.25) is 9.69 Å². The molecule has 3 rings (SSSR count). The molecular formula is C19H29N3O2S. The minimum absolute atomic E-state index is 0.0235. The molecule has 1 aromatic carbocycles. The van der Waals surface area contributed by atoms with Crippen molar-refractivity contribution >= 4 is 17.7 Å². The molecule has 3 atom stereocenters. The Morgan fingerprint density at radius 1 is 1.44 bits per heavy atom. The first-order valence-corrected chi connectivity index (χ1v) is 10.5. The zero-order valence-electron chi connectivity index (χ0n) is 15.1. The van der Waals surface area contributed by atoms with Crippen LogP contribution in [-0.2, 0) is 4.79 Å². The molecule has 1 aliphatic heterocycles. The van der Waals surface area contributed by atoms with Crippen LogP contribution in [0.3, 0.4) is 0 Å². The molecule has 1 amide bonds. The summed E-state index contributed by atoms with van der Waals surface area (Å²) in [5.74, 6) is 1.75. The molecular weight excluding hydrogens is 334 g/mol. The highest BCUT2D eigenvalue weighted by Gasteiger charge is 2.43. The Morgan fingerprint density at radius 3 is 2.92 bits per heavy atom. The Balaban J connectivity index is 1.74. The van der Waals surface area contributed by atoms with Crippen LogP contribution in [0, 0.1) is 0 Å². The molecule has 0 radical (unpaired) electrons. The topological polar surface area (TPSA) is 67.6 Å². The summed E-state index contributed by atoms with van der Waals surface area (Å²) in [5.41, 5.74) is 7.27. The fraction of sp³-hybridized carbons (Fsp3) is 0.632. The lowest BCUT2D eigenvalue weighted by molar-refractivity contribution is -0.123. The first-order valence-electron chi connectivity index (χ1n) is 9.08. The van der Waals surface area contributed by atoms with Crippen molar-refractivity contribution in [1.29, 1.82) is 0 Å². The van der Waals surface area contributed by atoms with Gasteiger partial charge in [-0.15, -0.1) is 0 Å². The lowest BCUT2D eigenvalue weighted by Crippen LogP contribution is -2.47. The van der Waals surface area contributed by atoms with E-state index in [-0.39, 0.29) is 18.0 Å². The molecule has 0 bridgehead atoms. The van der Waals surface area contributed by atoms with E-state index in [0.29, 0.717) is 6.04 Å². The van der Waals surface area contributed by atoms with Gasteiger partial charge in [-0.1, -0.05) is 12.1 Å². The zero-order chi connectivity index (χ0) is 17.8. The Bertz CT molecular complexity index is 594. The van der Waals surface area contributed by atoms with Crippen LogP contribution < -0.4 is 15.8 Å². The number of carbonyl (C=O) groups is 1. The summed E-state index contributed by atoms with van der Waals surface area (Å²) in [7, 11) is 1.69. The van der Waals surface area contributed by atoms with Crippen LogP contribution in [0.5, 0.6) is 5.75 Å². The van der Waals surface area contributed by atoms with Crippen molar-refractivity contribution in [1.82, 2.24) is 10.2 Å². The molecule has 3 unspecified atom stereocenters. The van der Waals surface area contributed by atoms with Gasteiger partial charge in [0.15, 0.2) is 0 Å². The second kappa shape index (κ2) is 8.43. The van der Waals surface area contributed by atoms with Crippen molar-refractivity contribution in [3.05, 3.63) is 29.8 Å². The Labute approximate surface area is 154 Å². The van der Waals surface area contributed by atoms with Crippen molar-refractivity contribution in [3.8, 4) is 5.75 Å². The normalized spacial score (nSPS) is 24.9. The molecule has 1 aliphatic carbocycles. The number of amides is 1. The van der Waals surface area contributed by atoms with E-state index in [4.69, 9.17) is 10.5 Å². The average Bonchev–Trinajstić information content (AvgIpc) is 3.40. The first kappa shape index (κ1) is 18.5. The van der Waals surface area contributed by atoms with Gasteiger partial charge in [0.1, 0.15) is 5.75 Å². The molecule has 0 spiro atoms. The van der Waals surface area contributed by atoms with E-state index in [1.165, 1.54) is 18.4 Å². The summed E-state index contributed by atoms with van der Waals surface area (Å²) in [6.45, 7) is 1.03. The lowest BCUT2D eigenvalue weighted by atomic mass is 9.99. The molecule has 25 heavy (non-hydrogen) atoms. The van der Waals surface area contributed by atoms with Crippen LogP contribution in [0.15, 0.2) is 24.3 Å². The Hall–Kier alpha value is -1.24. The van der Waals surface area contributed by atoms with Crippen LogP contribution >= 0.6 is 11.8 Å². The number of methoxy groups -OCH3 is 1. The molecule has 1 aromatic rings. The number of rotatable bonds is 8. The van der Waals surface area contributed by atoms with Gasteiger partial charge < -0.3 is 15.8 Å². The smallest absolute Gasteiger partial charge is 0.237 e. The number of hydrogen-bond donors (Lipinski definition) is 2. The molecule has 2 aliphatic rings. The molecule has 2 fully saturated rings. The third-order valence-electron chi connectivity index (χ3n) is 5.19. The van der Waals surface area contributed by atoms with Gasteiger partial charge in [0, 0.05) is 18.6 Å². The zero-order valence-corrected chi connectivity index (χ0v) is 15.9. The number of nitrogens with two attached hydrogens (primary N) is 1. The van der Waals surface area contributed by atoms with Crippen molar-refractivity contribution in [2.75, 3.05) is 25.7 Å². The van der Waals surface area contributed by atoms with Gasteiger partial charge in [-0.05, 0) is 55.4 Å². The van der Waals surface area contributed by atoms with E-state index in [1.54, 1.807) is 18.9 Å². The minimum atomic E-state index is -0.423. The fourth-order valence-corrected chi connectivity index (χ4v) is 4.19. The minimum Gasteiger partial charge on any atom is -0.497 e. The van der Waals surface area contributed by atoms with E-state index in [1.807, 2.05) is 18.4 Å². The van der Waals surface area contributed by atoms with Crippen LogP contribution in [0.4, 0.5) is 0 Å². The van der Waals surface area contributed by atoms with Crippen LogP contribution in [0.2, 0.25) is 0 Å². The average molecular weight is 364 g/mol. The predicted octanol–water partition coefficient (Wildman–Crippen LogP) is 2.17. The molecule has 1 saturated heterocycles. The number of ether oxygens (including phenoxy) is 1. The van der Waals surface area contributed by atoms with E-state index >= 15 is 0 Å². The molecule has 1 heterocycles. The summed E-state index contributed by atoms with van der Waals surface area (Å²) in [6, 6.07) is 8.78. The van der Waals surface area contributed by atoms with Gasteiger partial charge in [-0.2, -0.15) is 11.8 Å². The van der Waals surface area contributed by atoms with Gasteiger partial charge in [0.2, 0.25) is 5.91 Å². The lowest BCUT2D eigenvalue weighted by Gasteiger charge is -2.30. The van der Waals surface area contributed by atoms with E-state index in [2.05, 4.69) is 22.3 Å². The summed E-state index contributed by atoms with van der Waals surface area (Å²) in [5, 5.41) is 3.23. The third-order valence-corrected chi connectivity index (χ3v) is 5.83. The van der Waals surface area contributed by atoms with Gasteiger partial charge in [-0.25, -0.2) is 0 Å². The van der Waals surface area contributed by atoms with Crippen LogP contribution in [0.1, 0.15) is 37.3 Å². The summed E-state index contributed by atoms with van der Waals surface area (Å²) in [6.07, 6.45) is 6.24. The molecule has 6 heteroatoms. The highest BCUT2D eigenvalue weighted by atomic mass is 32.2. The SMILES string of the molecule is COc1cccc(C2C(NC(=O)C(N)CCSC)CCN2C2CC2)c1. The van der Waals surface area contributed by atoms with E-state index in [9.17, 15) is 4.79 Å². The number of hydrogen-bond acceptors (Lipinski definition) is 5. The first-order chi connectivity index (χ1) is 12.1. The maximum atomic E-state index is 12.5. The fourth-order valence-electron chi connectivity index (χ4n) is 3.70. The Kier molecular flexibility index (Phi) is 6.25. The van der Waals surface area contributed by atoms with Crippen molar-refractivity contribution in [2.45, 2.75) is 49.9 Å². The molecule has 138 valence electrons. The number of likely N-dealkylation sites (tertiary alicyclic amines) is 1. The van der Waals surface area contributed by atoms with Crippen LogP contribution in [0.25, 0.3) is 0 Å². The third kappa shape index (κ3) is 4.49. The Morgan fingerprint density at radius 2 is 2.24 bits per heavy atom. The second-order valence-corrected chi connectivity index (χ2v) is 7.97. The number of nitrogens with zero attached hydrogens (tertiary/aromatic N) is 1. The highest BCUT2D eigenvalue weighted by Crippen LogP contribution is 2.41. The standard InChI is InChI=1S/C19H29N3O2S/c1-24-15-5-3-4-13(12-15)18-17(8-10-22(18)14-6-7-14)21-19(23)16(20)9-11-25-2/h3-5,12,14,16-18H,6-11,20H2,1-2H3,(H,21,23). The number of benzene rings is 1.